The second kappa shape index (κ2) is 7.23. The van der Waals surface area contributed by atoms with Gasteiger partial charge in [-0.15, -0.1) is 11.8 Å². The molecule has 1 heterocycles. The molecule has 1 saturated heterocycles. The number of hydrogen-bond acceptors (Lipinski definition) is 3. The topological polar surface area (TPSA) is 17.1 Å². The highest BCUT2D eigenvalue weighted by Gasteiger charge is 2.38. The third-order valence-electron chi connectivity index (χ3n) is 4.53. The average molecular weight is 287 g/mol. The zero-order valence-electron chi connectivity index (χ0n) is 11.7. The van der Waals surface area contributed by atoms with Crippen molar-refractivity contribution in [3.8, 4) is 0 Å². The maximum absolute atomic E-state index is 12.9. The van der Waals surface area contributed by atoms with Gasteiger partial charge < -0.3 is 0 Å². The van der Waals surface area contributed by atoms with Gasteiger partial charge in [-0.2, -0.15) is 11.8 Å². The molecule has 0 bridgehead atoms. The Hall–Kier alpha value is 0.370. The van der Waals surface area contributed by atoms with E-state index in [1.54, 1.807) is 0 Å². The summed E-state index contributed by atoms with van der Waals surface area (Å²) in [6.07, 6.45) is 7.40. The van der Waals surface area contributed by atoms with Crippen LogP contribution in [0.1, 0.15) is 52.4 Å². The van der Waals surface area contributed by atoms with Crippen LogP contribution in [-0.4, -0.2) is 27.8 Å². The maximum atomic E-state index is 12.9. The first-order chi connectivity index (χ1) is 8.77. The first-order valence-electron chi connectivity index (χ1n) is 7.54. The van der Waals surface area contributed by atoms with Gasteiger partial charge in [-0.3, -0.25) is 4.79 Å². The molecule has 0 radical (unpaired) electrons. The first kappa shape index (κ1) is 14.8. The van der Waals surface area contributed by atoms with E-state index in [4.69, 9.17) is 0 Å². The van der Waals surface area contributed by atoms with E-state index < -0.39 is 0 Å². The Morgan fingerprint density at radius 2 is 1.78 bits per heavy atom. The van der Waals surface area contributed by atoms with Crippen molar-refractivity contribution in [1.82, 2.24) is 0 Å². The predicted molar refractivity (Wildman–Crippen MR) is 83.5 cm³/mol. The Morgan fingerprint density at radius 3 is 2.50 bits per heavy atom. The van der Waals surface area contributed by atoms with Crippen LogP contribution in [0.5, 0.6) is 0 Å². The number of ketones is 1. The molecule has 3 heteroatoms. The van der Waals surface area contributed by atoms with Crippen LogP contribution in [0, 0.1) is 11.8 Å². The third-order valence-corrected chi connectivity index (χ3v) is 7.80. The Labute approximate surface area is 120 Å². The fraction of sp³-hybridized carbons (Fsp3) is 0.933. The van der Waals surface area contributed by atoms with E-state index in [0.717, 1.165) is 12.8 Å². The SMILES string of the molecule is CCC1CCCCC1C(=O)C1SCCSC1CC. The molecule has 2 fully saturated rings. The lowest BCUT2D eigenvalue weighted by Crippen LogP contribution is -2.40. The fourth-order valence-electron chi connectivity index (χ4n) is 3.45. The van der Waals surface area contributed by atoms with Crippen LogP contribution in [-0.2, 0) is 4.79 Å². The second-order valence-electron chi connectivity index (χ2n) is 5.57. The summed E-state index contributed by atoms with van der Waals surface area (Å²) in [5.41, 5.74) is 0. The van der Waals surface area contributed by atoms with Crippen LogP contribution in [0.3, 0.4) is 0 Å². The fourth-order valence-corrected chi connectivity index (χ4v) is 6.54. The van der Waals surface area contributed by atoms with Crippen LogP contribution in [0.2, 0.25) is 0 Å². The van der Waals surface area contributed by atoms with Crippen LogP contribution in [0.15, 0.2) is 0 Å². The summed E-state index contributed by atoms with van der Waals surface area (Å²) in [6.45, 7) is 4.50. The standard InChI is InChI=1S/C15H26OS2/c1-3-11-7-5-6-8-12(11)14(16)15-13(4-2)17-9-10-18-15/h11-13,15H,3-10H2,1-2H3. The van der Waals surface area contributed by atoms with Gasteiger partial charge in [0.25, 0.3) is 0 Å². The van der Waals surface area contributed by atoms with E-state index in [1.807, 2.05) is 23.5 Å². The molecule has 18 heavy (non-hydrogen) atoms. The molecular formula is C15H26OS2. The molecule has 1 aliphatic heterocycles. The Kier molecular flexibility index (Phi) is 5.94. The van der Waals surface area contributed by atoms with Crippen molar-refractivity contribution in [2.75, 3.05) is 11.5 Å². The quantitative estimate of drug-likeness (QED) is 0.762. The van der Waals surface area contributed by atoms with Gasteiger partial charge in [0.2, 0.25) is 0 Å². The van der Waals surface area contributed by atoms with Crippen molar-refractivity contribution < 1.29 is 4.79 Å². The van der Waals surface area contributed by atoms with Gasteiger partial charge in [-0.05, 0) is 25.2 Å². The van der Waals surface area contributed by atoms with Crippen molar-refractivity contribution in [1.29, 1.82) is 0 Å². The van der Waals surface area contributed by atoms with Crippen LogP contribution < -0.4 is 0 Å². The maximum Gasteiger partial charge on any atom is 0.150 e. The van der Waals surface area contributed by atoms with Crippen molar-refractivity contribution in [3.63, 3.8) is 0 Å². The molecule has 0 aromatic rings. The summed E-state index contributed by atoms with van der Waals surface area (Å²) < 4.78 is 0. The molecule has 1 aliphatic carbocycles. The largest absolute Gasteiger partial charge is 0.298 e. The molecule has 0 aromatic heterocycles. The summed E-state index contributed by atoms with van der Waals surface area (Å²) in [6, 6.07) is 0. The van der Waals surface area contributed by atoms with Gasteiger partial charge in [0.05, 0.1) is 5.25 Å². The van der Waals surface area contributed by atoms with E-state index >= 15 is 0 Å². The molecule has 0 N–H and O–H groups in total. The zero-order chi connectivity index (χ0) is 13.0. The number of carbonyl (C=O) groups excluding carboxylic acids is 1. The molecule has 4 atom stereocenters. The number of rotatable bonds is 4. The monoisotopic (exact) mass is 286 g/mol. The van der Waals surface area contributed by atoms with Gasteiger partial charge in [-0.1, -0.05) is 33.1 Å². The smallest absolute Gasteiger partial charge is 0.150 e. The van der Waals surface area contributed by atoms with Gasteiger partial charge >= 0.3 is 0 Å². The highest BCUT2D eigenvalue weighted by atomic mass is 32.2. The van der Waals surface area contributed by atoms with Gasteiger partial charge in [0.15, 0.2) is 0 Å². The van der Waals surface area contributed by atoms with Crippen molar-refractivity contribution in [3.05, 3.63) is 0 Å². The van der Waals surface area contributed by atoms with E-state index in [9.17, 15) is 4.79 Å². The van der Waals surface area contributed by atoms with Crippen molar-refractivity contribution >= 4 is 29.3 Å². The van der Waals surface area contributed by atoms with Gasteiger partial charge in [0, 0.05) is 22.7 Å². The Morgan fingerprint density at radius 1 is 1.06 bits per heavy atom. The van der Waals surface area contributed by atoms with E-state index in [2.05, 4.69) is 13.8 Å². The average Bonchev–Trinajstić information content (AvgIpc) is 2.46. The summed E-state index contributed by atoms with van der Waals surface area (Å²) in [4.78, 5) is 12.9. The van der Waals surface area contributed by atoms with Gasteiger partial charge in [0.1, 0.15) is 5.78 Å². The van der Waals surface area contributed by atoms with E-state index in [0.29, 0.717) is 28.1 Å². The molecule has 4 unspecified atom stereocenters. The lowest BCUT2D eigenvalue weighted by molar-refractivity contribution is -0.125. The van der Waals surface area contributed by atoms with Crippen LogP contribution in [0.25, 0.3) is 0 Å². The molecule has 0 amide bonds. The number of Topliss-reactive ketones (excluding diaryl/α,β-unsaturated/α-hetero) is 1. The molecule has 1 nitrogen and oxygen atoms in total. The minimum atomic E-state index is 0.297. The summed E-state index contributed by atoms with van der Waals surface area (Å²) in [7, 11) is 0. The molecular weight excluding hydrogens is 260 g/mol. The number of thioether (sulfide) groups is 2. The highest BCUT2D eigenvalue weighted by molar-refractivity contribution is 8.07. The molecule has 0 aromatic carbocycles. The lowest BCUT2D eigenvalue weighted by Gasteiger charge is -2.36. The highest BCUT2D eigenvalue weighted by Crippen LogP contribution is 2.40. The second-order valence-corrected chi connectivity index (χ2v) is 8.17. The van der Waals surface area contributed by atoms with Crippen molar-refractivity contribution in [2.45, 2.75) is 62.9 Å². The number of hydrogen-bond donors (Lipinski definition) is 0. The van der Waals surface area contributed by atoms with Gasteiger partial charge in [-0.25, -0.2) is 0 Å². The molecule has 1 saturated carbocycles. The third kappa shape index (κ3) is 3.27. The first-order valence-corrected chi connectivity index (χ1v) is 9.64. The normalized spacial score (nSPS) is 37.4. The zero-order valence-corrected chi connectivity index (χ0v) is 13.3. The molecule has 104 valence electrons. The predicted octanol–water partition coefficient (Wildman–Crippen LogP) is 4.40. The molecule has 2 aliphatic rings. The van der Waals surface area contributed by atoms with Crippen LogP contribution >= 0.6 is 23.5 Å². The summed E-state index contributed by atoms with van der Waals surface area (Å²) in [5.74, 6) is 4.06. The minimum absolute atomic E-state index is 0.297. The summed E-state index contributed by atoms with van der Waals surface area (Å²) >= 11 is 3.97. The van der Waals surface area contributed by atoms with E-state index in [-0.39, 0.29) is 0 Å². The Bertz CT molecular complexity index is 254. The molecule has 0 spiro atoms. The summed E-state index contributed by atoms with van der Waals surface area (Å²) in [5, 5.41) is 0.876. The number of carbonyl (C=O) groups is 1. The molecule has 2 rings (SSSR count). The van der Waals surface area contributed by atoms with Crippen LogP contribution in [0.4, 0.5) is 0 Å². The van der Waals surface area contributed by atoms with E-state index in [1.165, 1.54) is 37.2 Å². The Balaban J connectivity index is 2.03. The lowest BCUT2D eigenvalue weighted by atomic mass is 9.74. The van der Waals surface area contributed by atoms with Crippen molar-refractivity contribution in [2.24, 2.45) is 11.8 Å². The minimum Gasteiger partial charge on any atom is -0.298 e.